The summed E-state index contributed by atoms with van der Waals surface area (Å²) in [5.41, 5.74) is 11.0. The van der Waals surface area contributed by atoms with E-state index in [2.05, 4.69) is 0 Å². The maximum absolute atomic E-state index is 15.4. The second-order valence-corrected chi connectivity index (χ2v) is 11.9. The van der Waals surface area contributed by atoms with Crippen molar-refractivity contribution in [3.63, 3.8) is 0 Å². The van der Waals surface area contributed by atoms with E-state index in [9.17, 15) is 8.78 Å². The largest absolute Gasteiger partial charge is 0.380 e. The fourth-order valence-corrected chi connectivity index (χ4v) is 6.85. The van der Waals surface area contributed by atoms with Crippen LogP contribution in [0.25, 0.3) is 32.0 Å². The molecule has 2 aromatic carbocycles. The molecule has 4 N–H and O–H groups in total. The second kappa shape index (κ2) is 9.62. The zero-order chi connectivity index (χ0) is 28.3. The number of aryl methyl sites for hydroxylation is 2. The topological polar surface area (TPSA) is 52.0 Å². The normalized spacial score (nSPS) is 17.7. The highest BCUT2D eigenvalue weighted by atomic mass is 32.1. The van der Waals surface area contributed by atoms with Crippen molar-refractivity contribution in [1.82, 2.24) is 0 Å². The molecule has 0 spiro atoms. The number of nitrogens with two attached hydrogens (primary N) is 2. The van der Waals surface area contributed by atoms with Gasteiger partial charge >= 0.3 is 17.8 Å². The predicted molar refractivity (Wildman–Crippen MR) is 146 cm³/mol. The molecule has 4 aromatic rings. The van der Waals surface area contributed by atoms with Gasteiger partial charge in [0.25, 0.3) is 0 Å². The van der Waals surface area contributed by atoms with Crippen molar-refractivity contribution < 1.29 is 26.3 Å². The van der Waals surface area contributed by atoms with Crippen molar-refractivity contribution >= 4 is 33.8 Å². The molecule has 2 aromatic heterocycles. The minimum absolute atomic E-state index is 0.235. The molecule has 0 atom stereocenters. The number of alkyl halides is 6. The molecule has 0 bridgehead atoms. The second-order valence-electron chi connectivity index (χ2n) is 9.44. The first-order valence-corrected chi connectivity index (χ1v) is 13.7. The Morgan fingerprint density at radius 2 is 0.923 bits per heavy atom. The van der Waals surface area contributed by atoms with E-state index in [1.807, 2.05) is 0 Å². The van der Waals surface area contributed by atoms with Gasteiger partial charge in [0.05, 0.1) is 0 Å². The lowest BCUT2D eigenvalue weighted by Crippen LogP contribution is -2.48. The van der Waals surface area contributed by atoms with Gasteiger partial charge in [0.15, 0.2) is 0 Å². The van der Waals surface area contributed by atoms with Crippen LogP contribution in [0.15, 0.2) is 60.7 Å². The number of hydrogen-bond acceptors (Lipinski definition) is 4. The van der Waals surface area contributed by atoms with E-state index in [1.165, 1.54) is 26.0 Å². The third-order valence-corrected chi connectivity index (χ3v) is 9.19. The smallest absolute Gasteiger partial charge is 0.326 e. The minimum atomic E-state index is -5.61. The molecule has 0 aliphatic heterocycles. The van der Waals surface area contributed by atoms with E-state index in [0.29, 0.717) is 34.0 Å². The summed E-state index contributed by atoms with van der Waals surface area (Å²) < 4.78 is 91.5. The van der Waals surface area contributed by atoms with Crippen LogP contribution in [0.4, 0.5) is 26.3 Å². The molecule has 0 saturated carbocycles. The maximum Gasteiger partial charge on any atom is 0.380 e. The Kier molecular flexibility index (Phi) is 6.82. The molecule has 0 saturated heterocycles. The standard InChI is InChI=1S/C29H24F6N2S2/c1-15-21(11-23(38-15)19-7-3-17(13-36)4-8-19)25-26(28(32,33)29(34,35)27(25,30)31)22-12-24(39-16(22)2)20-9-5-18(14-37)6-10-20/h3-12H,13-14,36-37H2,1-2H3. The molecule has 0 amide bonds. The van der Waals surface area contributed by atoms with Gasteiger partial charge in [-0.25, -0.2) is 0 Å². The lowest BCUT2D eigenvalue weighted by molar-refractivity contribution is -0.254. The average molecular weight is 579 g/mol. The van der Waals surface area contributed by atoms with Crippen LogP contribution in [0.2, 0.25) is 0 Å². The van der Waals surface area contributed by atoms with Crippen molar-refractivity contribution in [3.05, 3.63) is 92.7 Å². The van der Waals surface area contributed by atoms with E-state index < -0.39 is 28.9 Å². The number of halogens is 6. The zero-order valence-corrected chi connectivity index (χ0v) is 22.6. The van der Waals surface area contributed by atoms with Crippen LogP contribution in [0.5, 0.6) is 0 Å². The molecular weight excluding hydrogens is 554 g/mol. The van der Waals surface area contributed by atoms with Crippen molar-refractivity contribution in [2.45, 2.75) is 44.7 Å². The van der Waals surface area contributed by atoms with Gasteiger partial charge in [0.2, 0.25) is 0 Å². The SMILES string of the molecule is Cc1sc(-c2ccc(CN)cc2)cc1C1=C(c2cc(-c3ccc(CN)cc3)sc2C)C(F)(F)C(F)(F)C1(F)F. The fourth-order valence-electron chi connectivity index (χ4n) is 4.79. The van der Waals surface area contributed by atoms with Crippen LogP contribution in [0.1, 0.15) is 32.0 Å². The first kappa shape index (κ1) is 27.6. The van der Waals surface area contributed by atoms with E-state index in [1.54, 1.807) is 48.5 Å². The van der Waals surface area contributed by atoms with Gasteiger partial charge in [-0.1, -0.05) is 48.5 Å². The summed E-state index contributed by atoms with van der Waals surface area (Å²) >= 11 is 2.16. The molecule has 0 radical (unpaired) electrons. The van der Waals surface area contributed by atoms with E-state index in [-0.39, 0.29) is 20.9 Å². The van der Waals surface area contributed by atoms with Gasteiger partial charge in [-0.15, -0.1) is 22.7 Å². The van der Waals surface area contributed by atoms with Gasteiger partial charge in [0.1, 0.15) is 0 Å². The van der Waals surface area contributed by atoms with E-state index in [4.69, 9.17) is 11.5 Å². The molecule has 2 heterocycles. The van der Waals surface area contributed by atoms with Gasteiger partial charge in [-0.2, -0.15) is 26.3 Å². The summed E-state index contributed by atoms with van der Waals surface area (Å²) in [4.78, 5) is 1.46. The van der Waals surface area contributed by atoms with Crippen molar-refractivity contribution in [2.24, 2.45) is 11.5 Å². The third-order valence-electron chi connectivity index (χ3n) is 6.99. The molecule has 2 nitrogen and oxygen atoms in total. The van der Waals surface area contributed by atoms with Crippen molar-refractivity contribution in [3.8, 4) is 20.9 Å². The van der Waals surface area contributed by atoms with Crippen LogP contribution < -0.4 is 11.5 Å². The molecule has 5 rings (SSSR count). The Morgan fingerprint density at radius 1 is 0.590 bits per heavy atom. The zero-order valence-electron chi connectivity index (χ0n) is 20.9. The summed E-state index contributed by atoms with van der Waals surface area (Å²) in [7, 11) is 0. The summed E-state index contributed by atoms with van der Waals surface area (Å²) in [6.45, 7) is 3.55. The Hall–Kier alpha value is -2.92. The molecule has 1 aliphatic carbocycles. The highest BCUT2D eigenvalue weighted by Crippen LogP contribution is 2.66. The molecule has 204 valence electrons. The fraction of sp³-hybridized carbons (Fsp3) is 0.241. The van der Waals surface area contributed by atoms with Crippen LogP contribution in [-0.2, 0) is 13.1 Å². The van der Waals surface area contributed by atoms with E-state index >= 15 is 17.6 Å². The summed E-state index contributed by atoms with van der Waals surface area (Å²) in [6.07, 6.45) is 0. The van der Waals surface area contributed by atoms with Gasteiger partial charge in [-0.3, -0.25) is 0 Å². The van der Waals surface area contributed by atoms with Gasteiger partial charge < -0.3 is 11.5 Å². The Morgan fingerprint density at radius 3 is 1.23 bits per heavy atom. The van der Waals surface area contributed by atoms with Gasteiger partial charge in [0, 0.05) is 43.7 Å². The first-order chi connectivity index (χ1) is 18.3. The highest BCUT2D eigenvalue weighted by molar-refractivity contribution is 7.16. The van der Waals surface area contributed by atoms with Crippen molar-refractivity contribution in [2.75, 3.05) is 0 Å². The minimum Gasteiger partial charge on any atom is -0.326 e. The molecule has 0 fully saturated rings. The van der Waals surface area contributed by atoms with Crippen LogP contribution in [-0.4, -0.2) is 17.8 Å². The summed E-state index contributed by atoms with van der Waals surface area (Å²) in [5, 5.41) is 0. The predicted octanol–water partition coefficient (Wildman–Crippen LogP) is 8.51. The third kappa shape index (κ3) is 4.25. The molecular formula is C29H24F6N2S2. The number of allylic oxidation sites excluding steroid dienone is 2. The van der Waals surface area contributed by atoms with E-state index in [0.717, 1.165) is 33.8 Å². The summed E-state index contributed by atoms with van der Waals surface area (Å²) in [6, 6.07) is 16.6. The van der Waals surface area contributed by atoms with Crippen LogP contribution >= 0.6 is 22.7 Å². The lowest BCUT2D eigenvalue weighted by Gasteiger charge is -2.25. The highest BCUT2D eigenvalue weighted by Gasteiger charge is 2.80. The quantitative estimate of drug-likeness (QED) is 0.225. The number of rotatable bonds is 6. The first-order valence-electron chi connectivity index (χ1n) is 12.0. The number of hydrogen-bond donors (Lipinski definition) is 2. The van der Waals surface area contributed by atoms with Crippen LogP contribution in [0, 0.1) is 13.8 Å². The van der Waals surface area contributed by atoms with Gasteiger partial charge in [-0.05, 0) is 59.4 Å². The lowest BCUT2D eigenvalue weighted by atomic mass is 9.94. The molecule has 0 unspecified atom stereocenters. The number of benzene rings is 2. The monoisotopic (exact) mass is 578 g/mol. The average Bonchev–Trinajstić information content (AvgIpc) is 3.51. The Labute approximate surface area is 229 Å². The number of thiophene rings is 2. The molecule has 10 heteroatoms. The maximum atomic E-state index is 15.4. The van der Waals surface area contributed by atoms with Crippen LogP contribution in [0.3, 0.4) is 0 Å². The Bertz CT molecular complexity index is 1450. The Balaban J connectivity index is 1.72. The summed E-state index contributed by atoms with van der Waals surface area (Å²) in [5.74, 6) is -15.8. The molecule has 1 aliphatic rings. The van der Waals surface area contributed by atoms with Crippen molar-refractivity contribution in [1.29, 1.82) is 0 Å². The molecule has 39 heavy (non-hydrogen) atoms.